The van der Waals surface area contributed by atoms with E-state index in [1.165, 1.54) is 0 Å². The van der Waals surface area contributed by atoms with Gasteiger partial charge in [-0.05, 0) is 13.0 Å². The molecule has 0 spiro atoms. The van der Waals surface area contributed by atoms with Gasteiger partial charge in [0.15, 0.2) is 5.82 Å². The number of anilines is 1. The Morgan fingerprint density at radius 2 is 2.11 bits per heavy atom. The summed E-state index contributed by atoms with van der Waals surface area (Å²) in [5.74, 6) is -3.40. The summed E-state index contributed by atoms with van der Waals surface area (Å²) in [7, 11) is 0. The third-order valence-electron chi connectivity index (χ3n) is 5.88. The van der Waals surface area contributed by atoms with Crippen molar-refractivity contribution in [1.82, 2.24) is 9.88 Å². The molecule has 0 amide bonds. The first kappa shape index (κ1) is 16.6. The molecule has 3 heterocycles. The summed E-state index contributed by atoms with van der Waals surface area (Å²) >= 11 is 0. The second-order valence-corrected chi connectivity index (χ2v) is 7.82. The van der Waals surface area contributed by atoms with E-state index in [9.17, 15) is 23.5 Å². The molecule has 142 valence electrons. The number of nitrogens with zero attached hydrogens (tertiary/aromatic N) is 2. The van der Waals surface area contributed by atoms with Gasteiger partial charge in [0.1, 0.15) is 23.2 Å². The number of nitrogens with one attached hydrogen (secondary N) is 1. The Morgan fingerprint density at radius 1 is 1.41 bits per heavy atom. The molecule has 5 rings (SSSR count). The van der Waals surface area contributed by atoms with E-state index in [1.54, 1.807) is 4.90 Å². The summed E-state index contributed by atoms with van der Waals surface area (Å²) < 4.78 is 45.0. The number of carbonyl (C=O) groups is 1. The summed E-state index contributed by atoms with van der Waals surface area (Å²) in [5, 5.41) is 12.1. The van der Waals surface area contributed by atoms with Crippen molar-refractivity contribution in [2.75, 3.05) is 18.0 Å². The van der Waals surface area contributed by atoms with E-state index in [0.717, 1.165) is 16.8 Å². The Balaban J connectivity index is 1.77. The monoisotopic (exact) mass is 379 g/mol. The molecule has 1 aliphatic carbocycles. The minimum absolute atomic E-state index is 0.0942. The van der Waals surface area contributed by atoms with Crippen molar-refractivity contribution in [2.45, 2.75) is 37.1 Å². The lowest BCUT2D eigenvalue weighted by Gasteiger charge is -2.24. The standard InChI is InChI=1S/C18H16F3N3O3/c1-18-6-23(5-12(18)22-18)15-10(20)2-7-14(13(15)21)24(11-3-9(11)19)4-8(16(7)25)17(26)27/h2,4,9,11-12,22H,3,5-6H2,1H3,(H,26,27)/t9-,11+,12?,18?/m0/s1. The quantitative estimate of drug-likeness (QED) is 0.795. The maximum absolute atomic E-state index is 15.4. The van der Waals surface area contributed by atoms with E-state index >= 15 is 4.39 Å². The van der Waals surface area contributed by atoms with Gasteiger partial charge in [0.25, 0.3) is 0 Å². The summed E-state index contributed by atoms with van der Waals surface area (Å²) in [5.41, 5.74) is -2.31. The van der Waals surface area contributed by atoms with Gasteiger partial charge in [-0.1, -0.05) is 0 Å². The number of aromatic nitrogens is 1. The fourth-order valence-electron chi connectivity index (χ4n) is 4.19. The van der Waals surface area contributed by atoms with Crippen LogP contribution in [0.1, 0.15) is 29.7 Å². The largest absolute Gasteiger partial charge is 0.477 e. The van der Waals surface area contributed by atoms with Crippen LogP contribution in [-0.4, -0.2) is 46.5 Å². The van der Waals surface area contributed by atoms with Crippen LogP contribution in [0.2, 0.25) is 0 Å². The van der Waals surface area contributed by atoms with Gasteiger partial charge in [0, 0.05) is 31.7 Å². The molecule has 2 N–H and O–H groups in total. The molecule has 3 aliphatic rings. The van der Waals surface area contributed by atoms with E-state index in [4.69, 9.17) is 0 Å². The molecular weight excluding hydrogens is 363 g/mol. The lowest BCUT2D eigenvalue weighted by molar-refractivity contribution is 0.0694. The van der Waals surface area contributed by atoms with E-state index in [-0.39, 0.29) is 34.6 Å². The van der Waals surface area contributed by atoms with Crippen molar-refractivity contribution in [3.8, 4) is 0 Å². The highest BCUT2D eigenvalue weighted by atomic mass is 19.1. The Hall–Kier alpha value is -2.55. The number of piperazine rings is 1. The second-order valence-electron chi connectivity index (χ2n) is 7.82. The number of pyridine rings is 1. The molecule has 0 radical (unpaired) electrons. The highest BCUT2D eigenvalue weighted by molar-refractivity contribution is 5.94. The summed E-state index contributed by atoms with van der Waals surface area (Å²) in [6.45, 7) is 2.79. The first-order valence-corrected chi connectivity index (χ1v) is 8.68. The number of fused-ring (bicyclic) bond motifs is 2. The number of carboxylic acid groups (broad SMARTS) is 1. The topological polar surface area (TPSA) is 84.5 Å². The Bertz CT molecular complexity index is 1090. The Labute approximate surface area is 151 Å². The van der Waals surface area contributed by atoms with Crippen molar-refractivity contribution in [3.05, 3.63) is 39.7 Å². The average molecular weight is 379 g/mol. The van der Waals surface area contributed by atoms with Gasteiger partial charge in [0.2, 0.25) is 5.43 Å². The first-order valence-electron chi connectivity index (χ1n) is 8.68. The van der Waals surface area contributed by atoms with Gasteiger partial charge in [-0.3, -0.25) is 4.79 Å². The third-order valence-corrected chi connectivity index (χ3v) is 5.88. The smallest absolute Gasteiger partial charge is 0.341 e. The number of hydrogen-bond donors (Lipinski definition) is 2. The Kier molecular flexibility index (Phi) is 3.10. The van der Waals surface area contributed by atoms with Gasteiger partial charge in [-0.25, -0.2) is 18.0 Å². The van der Waals surface area contributed by atoms with E-state index in [2.05, 4.69) is 5.32 Å². The summed E-state index contributed by atoms with van der Waals surface area (Å²) in [6.07, 6.45) is -0.198. The molecule has 1 aromatic carbocycles. The second kappa shape index (κ2) is 5.03. The van der Waals surface area contributed by atoms with Crippen LogP contribution in [-0.2, 0) is 0 Å². The Morgan fingerprint density at radius 3 is 2.67 bits per heavy atom. The van der Waals surface area contributed by atoms with Crippen LogP contribution in [0.3, 0.4) is 0 Å². The van der Waals surface area contributed by atoms with Crippen molar-refractivity contribution in [1.29, 1.82) is 0 Å². The predicted octanol–water partition coefficient (Wildman–Crippen LogP) is 1.81. The zero-order valence-corrected chi connectivity index (χ0v) is 14.3. The first-order chi connectivity index (χ1) is 12.7. The molecule has 1 aromatic heterocycles. The van der Waals surface area contributed by atoms with Gasteiger partial charge < -0.3 is 19.9 Å². The highest BCUT2D eigenvalue weighted by Gasteiger charge is 2.56. The van der Waals surface area contributed by atoms with E-state index in [0.29, 0.717) is 13.1 Å². The molecular formula is C18H16F3N3O3. The fraction of sp³-hybridized carbons (Fsp3) is 0.444. The number of carboxylic acids is 1. The minimum Gasteiger partial charge on any atom is -0.477 e. The van der Waals surface area contributed by atoms with Crippen LogP contribution < -0.4 is 15.6 Å². The van der Waals surface area contributed by atoms with Crippen LogP contribution >= 0.6 is 0 Å². The normalized spacial score (nSPS) is 31.3. The van der Waals surface area contributed by atoms with Gasteiger partial charge in [-0.2, -0.15) is 0 Å². The molecule has 6 nitrogen and oxygen atoms in total. The molecule has 2 aromatic rings. The van der Waals surface area contributed by atoms with Gasteiger partial charge in [-0.15, -0.1) is 0 Å². The van der Waals surface area contributed by atoms with Crippen molar-refractivity contribution in [3.63, 3.8) is 0 Å². The number of halogens is 3. The van der Waals surface area contributed by atoms with Gasteiger partial charge >= 0.3 is 5.97 Å². The van der Waals surface area contributed by atoms with Crippen molar-refractivity contribution in [2.24, 2.45) is 0 Å². The molecule has 3 fully saturated rings. The molecule has 1 saturated carbocycles. The van der Waals surface area contributed by atoms with Crippen molar-refractivity contribution < 1.29 is 23.1 Å². The predicted molar refractivity (Wildman–Crippen MR) is 91.2 cm³/mol. The average Bonchev–Trinajstić information content (AvgIpc) is 3.43. The zero-order valence-electron chi connectivity index (χ0n) is 14.3. The zero-order chi connectivity index (χ0) is 19.2. The highest BCUT2D eigenvalue weighted by Crippen LogP contribution is 2.44. The third kappa shape index (κ3) is 2.24. The number of rotatable bonds is 3. The van der Waals surface area contributed by atoms with Crippen LogP contribution in [0.25, 0.3) is 10.9 Å². The van der Waals surface area contributed by atoms with Crippen molar-refractivity contribution >= 4 is 22.6 Å². The molecule has 9 heteroatoms. The molecule has 4 atom stereocenters. The SMILES string of the molecule is CC12CN(c3c(F)cc4c(=O)c(C(=O)O)cn([C@@H]5C[C@@H]5F)c4c3F)CC1N2. The fourth-order valence-corrected chi connectivity index (χ4v) is 4.19. The maximum Gasteiger partial charge on any atom is 0.341 e. The van der Waals surface area contributed by atoms with Crippen LogP contribution in [0.4, 0.5) is 18.9 Å². The number of benzene rings is 1. The van der Waals surface area contributed by atoms with E-state index < -0.39 is 40.8 Å². The molecule has 2 saturated heterocycles. The summed E-state index contributed by atoms with van der Waals surface area (Å²) in [4.78, 5) is 25.4. The lowest BCUT2D eigenvalue weighted by atomic mass is 10.1. The van der Waals surface area contributed by atoms with Crippen LogP contribution in [0, 0.1) is 11.6 Å². The van der Waals surface area contributed by atoms with E-state index in [1.807, 2.05) is 6.92 Å². The van der Waals surface area contributed by atoms with Crippen LogP contribution in [0.5, 0.6) is 0 Å². The number of alkyl halides is 1. The minimum atomic E-state index is -1.52. The maximum atomic E-state index is 15.4. The molecule has 27 heavy (non-hydrogen) atoms. The van der Waals surface area contributed by atoms with Gasteiger partial charge in [0.05, 0.1) is 22.5 Å². The molecule has 2 unspecified atom stereocenters. The lowest BCUT2D eigenvalue weighted by Crippen LogP contribution is -2.32. The number of aromatic carboxylic acids is 1. The molecule has 0 bridgehead atoms. The molecule has 2 aliphatic heterocycles. The van der Waals surface area contributed by atoms with Crippen LogP contribution in [0.15, 0.2) is 17.1 Å². The number of hydrogen-bond acceptors (Lipinski definition) is 4. The summed E-state index contributed by atoms with van der Waals surface area (Å²) in [6, 6.07) is 0.251.